The molecule has 0 bridgehead atoms. The van der Waals surface area contributed by atoms with E-state index in [4.69, 9.17) is 0 Å². The van der Waals surface area contributed by atoms with Crippen LogP contribution >= 0.6 is 0 Å². The SMILES string of the molecule is CCNc1cccc(CN2CCCC3C(=O)NCC32)n1. The fourth-order valence-electron chi connectivity index (χ4n) is 3.29. The van der Waals surface area contributed by atoms with Crippen LogP contribution in [0.3, 0.4) is 0 Å². The van der Waals surface area contributed by atoms with Gasteiger partial charge < -0.3 is 10.6 Å². The average Bonchev–Trinajstić information content (AvgIpc) is 2.83. The molecule has 2 unspecified atom stereocenters. The molecule has 1 aromatic heterocycles. The number of piperidine rings is 1. The van der Waals surface area contributed by atoms with Crippen molar-refractivity contribution in [1.29, 1.82) is 0 Å². The molecule has 5 nitrogen and oxygen atoms in total. The zero-order chi connectivity index (χ0) is 13.9. The minimum atomic E-state index is 0.181. The smallest absolute Gasteiger partial charge is 0.224 e. The summed E-state index contributed by atoms with van der Waals surface area (Å²) in [5.74, 6) is 1.34. The van der Waals surface area contributed by atoms with Crippen molar-refractivity contribution in [3.8, 4) is 0 Å². The standard InChI is InChI=1S/C15H22N4O/c1-2-16-14-7-3-5-11(18-14)10-19-8-4-6-12-13(19)9-17-15(12)20/h3,5,7,12-13H,2,4,6,8-10H2,1H3,(H,16,18)(H,17,20). The second kappa shape index (κ2) is 5.79. The number of amides is 1. The first-order valence-electron chi connectivity index (χ1n) is 7.49. The van der Waals surface area contributed by atoms with E-state index in [0.717, 1.165) is 50.5 Å². The highest BCUT2D eigenvalue weighted by molar-refractivity contribution is 5.82. The van der Waals surface area contributed by atoms with Crippen molar-refractivity contribution in [2.45, 2.75) is 32.4 Å². The summed E-state index contributed by atoms with van der Waals surface area (Å²) >= 11 is 0. The Bertz CT molecular complexity index is 491. The van der Waals surface area contributed by atoms with Gasteiger partial charge in [0.05, 0.1) is 11.6 Å². The largest absolute Gasteiger partial charge is 0.370 e. The Morgan fingerprint density at radius 2 is 2.40 bits per heavy atom. The van der Waals surface area contributed by atoms with Crippen LogP contribution in [0.2, 0.25) is 0 Å². The Hall–Kier alpha value is -1.62. The Morgan fingerprint density at radius 3 is 3.25 bits per heavy atom. The molecule has 2 fully saturated rings. The van der Waals surface area contributed by atoms with Gasteiger partial charge in [0.1, 0.15) is 5.82 Å². The highest BCUT2D eigenvalue weighted by atomic mass is 16.2. The molecule has 1 aromatic rings. The average molecular weight is 274 g/mol. The van der Waals surface area contributed by atoms with Crippen LogP contribution in [0.15, 0.2) is 18.2 Å². The topological polar surface area (TPSA) is 57.3 Å². The molecule has 0 saturated carbocycles. The molecular weight excluding hydrogens is 252 g/mol. The van der Waals surface area contributed by atoms with Crippen LogP contribution in [0.1, 0.15) is 25.5 Å². The van der Waals surface area contributed by atoms with Gasteiger partial charge in [0.25, 0.3) is 0 Å². The predicted molar refractivity (Wildman–Crippen MR) is 78.3 cm³/mol. The van der Waals surface area contributed by atoms with E-state index in [0.29, 0.717) is 6.04 Å². The van der Waals surface area contributed by atoms with Gasteiger partial charge in [-0.15, -0.1) is 0 Å². The van der Waals surface area contributed by atoms with Crippen LogP contribution in [0.5, 0.6) is 0 Å². The van der Waals surface area contributed by atoms with Crippen molar-refractivity contribution in [3.05, 3.63) is 23.9 Å². The van der Waals surface area contributed by atoms with Crippen LogP contribution in [-0.4, -0.2) is 41.5 Å². The van der Waals surface area contributed by atoms with Crippen LogP contribution < -0.4 is 10.6 Å². The molecule has 20 heavy (non-hydrogen) atoms. The summed E-state index contributed by atoms with van der Waals surface area (Å²) in [4.78, 5) is 18.8. The molecule has 108 valence electrons. The predicted octanol–water partition coefficient (Wildman–Crippen LogP) is 1.22. The second-order valence-electron chi connectivity index (χ2n) is 5.58. The van der Waals surface area contributed by atoms with Crippen LogP contribution in [0.4, 0.5) is 5.82 Å². The van der Waals surface area contributed by atoms with E-state index < -0.39 is 0 Å². The molecular formula is C15H22N4O. The number of carbonyl (C=O) groups is 1. The normalized spacial score (nSPS) is 26.1. The Kier molecular flexibility index (Phi) is 3.87. The fraction of sp³-hybridized carbons (Fsp3) is 0.600. The van der Waals surface area contributed by atoms with Crippen molar-refractivity contribution in [3.63, 3.8) is 0 Å². The van der Waals surface area contributed by atoms with E-state index >= 15 is 0 Å². The maximum Gasteiger partial charge on any atom is 0.224 e. The first-order valence-corrected chi connectivity index (χ1v) is 7.49. The lowest BCUT2D eigenvalue weighted by molar-refractivity contribution is -0.124. The number of hydrogen-bond donors (Lipinski definition) is 2. The number of fused-ring (bicyclic) bond motifs is 1. The summed E-state index contributed by atoms with van der Waals surface area (Å²) in [7, 11) is 0. The number of likely N-dealkylation sites (tertiary alicyclic amines) is 1. The molecule has 0 spiro atoms. The lowest BCUT2D eigenvalue weighted by atomic mass is 9.91. The van der Waals surface area contributed by atoms with E-state index in [1.54, 1.807) is 0 Å². The Balaban J connectivity index is 1.70. The maximum absolute atomic E-state index is 11.8. The van der Waals surface area contributed by atoms with E-state index in [2.05, 4.69) is 33.5 Å². The zero-order valence-electron chi connectivity index (χ0n) is 11.9. The molecule has 3 heterocycles. The monoisotopic (exact) mass is 274 g/mol. The van der Waals surface area contributed by atoms with E-state index in [1.165, 1.54) is 0 Å². The number of pyridine rings is 1. The summed E-state index contributed by atoms with van der Waals surface area (Å²) in [6, 6.07) is 6.45. The Labute approximate surface area is 119 Å². The highest BCUT2D eigenvalue weighted by Gasteiger charge is 2.40. The summed E-state index contributed by atoms with van der Waals surface area (Å²) in [6.07, 6.45) is 2.12. The molecule has 2 aliphatic rings. The summed E-state index contributed by atoms with van der Waals surface area (Å²) in [5, 5.41) is 6.24. The number of aromatic nitrogens is 1. The maximum atomic E-state index is 11.8. The van der Waals surface area contributed by atoms with Gasteiger partial charge in [-0.3, -0.25) is 9.69 Å². The molecule has 2 saturated heterocycles. The van der Waals surface area contributed by atoms with Gasteiger partial charge in [-0.05, 0) is 38.4 Å². The van der Waals surface area contributed by atoms with Crippen molar-refractivity contribution >= 4 is 11.7 Å². The van der Waals surface area contributed by atoms with Gasteiger partial charge >= 0.3 is 0 Å². The number of rotatable bonds is 4. The van der Waals surface area contributed by atoms with Crippen LogP contribution in [0.25, 0.3) is 0 Å². The van der Waals surface area contributed by atoms with E-state index in [9.17, 15) is 4.79 Å². The zero-order valence-corrected chi connectivity index (χ0v) is 11.9. The van der Waals surface area contributed by atoms with Crippen LogP contribution in [-0.2, 0) is 11.3 Å². The first-order chi connectivity index (χ1) is 9.78. The molecule has 0 aliphatic carbocycles. The third kappa shape index (κ3) is 2.63. The molecule has 2 N–H and O–H groups in total. The lowest BCUT2D eigenvalue weighted by Gasteiger charge is -2.35. The lowest BCUT2D eigenvalue weighted by Crippen LogP contribution is -2.45. The number of hydrogen-bond acceptors (Lipinski definition) is 4. The van der Waals surface area contributed by atoms with Gasteiger partial charge in [0, 0.05) is 25.7 Å². The van der Waals surface area contributed by atoms with Gasteiger partial charge in [-0.25, -0.2) is 4.98 Å². The molecule has 5 heteroatoms. The molecule has 2 aliphatic heterocycles. The fourth-order valence-corrected chi connectivity index (χ4v) is 3.29. The number of anilines is 1. The van der Waals surface area contributed by atoms with E-state index in [1.807, 2.05) is 12.1 Å². The summed E-state index contributed by atoms with van der Waals surface area (Å²) < 4.78 is 0. The van der Waals surface area contributed by atoms with Crippen LogP contribution in [0, 0.1) is 5.92 Å². The first kappa shape index (κ1) is 13.4. The van der Waals surface area contributed by atoms with Crippen molar-refractivity contribution < 1.29 is 4.79 Å². The van der Waals surface area contributed by atoms with Crippen molar-refractivity contribution in [1.82, 2.24) is 15.2 Å². The quantitative estimate of drug-likeness (QED) is 0.867. The molecule has 1 amide bonds. The van der Waals surface area contributed by atoms with Crippen molar-refractivity contribution in [2.75, 3.05) is 25.0 Å². The highest BCUT2D eigenvalue weighted by Crippen LogP contribution is 2.28. The second-order valence-corrected chi connectivity index (χ2v) is 5.58. The summed E-state index contributed by atoms with van der Waals surface area (Å²) in [6.45, 7) is 5.62. The number of carbonyl (C=O) groups excluding carboxylic acids is 1. The minimum Gasteiger partial charge on any atom is -0.370 e. The number of nitrogens with zero attached hydrogens (tertiary/aromatic N) is 2. The van der Waals surface area contributed by atoms with Gasteiger partial charge in [-0.1, -0.05) is 6.07 Å². The van der Waals surface area contributed by atoms with E-state index in [-0.39, 0.29) is 11.8 Å². The molecule has 0 radical (unpaired) electrons. The van der Waals surface area contributed by atoms with Gasteiger partial charge in [0.2, 0.25) is 5.91 Å². The van der Waals surface area contributed by atoms with Crippen molar-refractivity contribution in [2.24, 2.45) is 5.92 Å². The Morgan fingerprint density at radius 1 is 1.50 bits per heavy atom. The van der Waals surface area contributed by atoms with Gasteiger partial charge in [-0.2, -0.15) is 0 Å². The molecule has 3 rings (SSSR count). The molecule has 0 aromatic carbocycles. The third-order valence-electron chi connectivity index (χ3n) is 4.25. The number of nitrogens with one attached hydrogen (secondary N) is 2. The summed E-state index contributed by atoms with van der Waals surface area (Å²) in [5.41, 5.74) is 1.07. The minimum absolute atomic E-state index is 0.181. The third-order valence-corrected chi connectivity index (χ3v) is 4.25. The van der Waals surface area contributed by atoms with Gasteiger partial charge in [0.15, 0.2) is 0 Å². The molecule has 2 atom stereocenters.